The van der Waals surface area contributed by atoms with Crippen molar-refractivity contribution >= 4 is 5.97 Å². The van der Waals surface area contributed by atoms with Gasteiger partial charge in [-0.15, -0.1) is 0 Å². The summed E-state index contributed by atoms with van der Waals surface area (Å²) in [5.41, 5.74) is 1.76. The van der Waals surface area contributed by atoms with Crippen molar-refractivity contribution in [2.24, 2.45) is 0 Å². The number of aromatic nitrogens is 2. The number of hydrogen-bond acceptors (Lipinski definition) is 4. The van der Waals surface area contributed by atoms with E-state index in [0.29, 0.717) is 19.0 Å². The summed E-state index contributed by atoms with van der Waals surface area (Å²) < 4.78 is 5.12. The van der Waals surface area contributed by atoms with Crippen molar-refractivity contribution in [2.75, 3.05) is 0 Å². The Hall–Kier alpha value is -1.49. The Labute approximate surface area is 74.4 Å². The zero-order valence-electron chi connectivity index (χ0n) is 6.86. The summed E-state index contributed by atoms with van der Waals surface area (Å²) in [7, 11) is 0. The van der Waals surface area contributed by atoms with Gasteiger partial charge in [-0.25, -0.2) is 9.97 Å². The minimum absolute atomic E-state index is 0.132. The second-order valence-corrected chi connectivity index (χ2v) is 2.82. The van der Waals surface area contributed by atoms with Crippen LogP contribution in [-0.2, 0) is 29.2 Å². The second-order valence-electron chi connectivity index (χ2n) is 2.82. The molecule has 0 bridgehead atoms. The molecule has 0 saturated heterocycles. The van der Waals surface area contributed by atoms with Gasteiger partial charge in [0, 0.05) is 11.8 Å². The molecule has 0 saturated carbocycles. The molecule has 1 aromatic rings. The predicted octanol–water partition coefficient (Wildman–Crippen LogP) is 0.134. The van der Waals surface area contributed by atoms with Gasteiger partial charge in [0.15, 0.2) is 0 Å². The van der Waals surface area contributed by atoms with E-state index in [1.54, 1.807) is 6.20 Å². The van der Waals surface area contributed by atoms with Crippen molar-refractivity contribution in [3.63, 3.8) is 0 Å². The summed E-state index contributed by atoms with van der Waals surface area (Å²) in [6.07, 6.45) is 1.50. The Kier molecular flexibility index (Phi) is 1.94. The molecule has 13 heavy (non-hydrogen) atoms. The fourth-order valence-corrected chi connectivity index (χ4v) is 1.21. The molecule has 1 aromatic heterocycles. The lowest BCUT2D eigenvalue weighted by atomic mass is 10.2. The van der Waals surface area contributed by atoms with Gasteiger partial charge >= 0.3 is 5.97 Å². The standard InChI is InChI=1S/C8H8N2O3/c11-8(12)1-7-9-2-5-3-13-4-6(5)10-7/h2H,1,3-4H2,(H,11,12). The van der Waals surface area contributed by atoms with E-state index in [1.165, 1.54) is 0 Å². The summed E-state index contributed by atoms with van der Waals surface area (Å²) in [5, 5.41) is 8.50. The number of nitrogens with zero attached hydrogens (tertiary/aromatic N) is 2. The molecule has 5 heteroatoms. The number of carboxylic acid groups (broad SMARTS) is 1. The summed E-state index contributed by atoms with van der Waals surface area (Å²) in [4.78, 5) is 18.4. The van der Waals surface area contributed by atoms with E-state index < -0.39 is 5.97 Å². The van der Waals surface area contributed by atoms with Crippen molar-refractivity contribution < 1.29 is 14.6 Å². The smallest absolute Gasteiger partial charge is 0.311 e. The van der Waals surface area contributed by atoms with Crippen LogP contribution in [0.25, 0.3) is 0 Å². The Bertz CT molecular complexity index is 351. The maximum absolute atomic E-state index is 10.4. The maximum Gasteiger partial charge on any atom is 0.311 e. The number of rotatable bonds is 2. The fourth-order valence-electron chi connectivity index (χ4n) is 1.21. The highest BCUT2D eigenvalue weighted by atomic mass is 16.5. The molecule has 0 aromatic carbocycles. The first-order valence-corrected chi connectivity index (χ1v) is 3.89. The average Bonchev–Trinajstić information content (AvgIpc) is 2.49. The van der Waals surface area contributed by atoms with E-state index in [0.717, 1.165) is 11.3 Å². The molecule has 0 radical (unpaired) electrons. The maximum atomic E-state index is 10.4. The number of carboxylic acids is 1. The molecule has 2 heterocycles. The van der Waals surface area contributed by atoms with Crippen LogP contribution in [0.3, 0.4) is 0 Å². The Morgan fingerprint density at radius 2 is 2.46 bits per heavy atom. The van der Waals surface area contributed by atoms with Gasteiger partial charge in [0.25, 0.3) is 0 Å². The summed E-state index contributed by atoms with van der Waals surface area (Å²) >= 11 is 0. The molecule has 0 unspecified atom stereocenters. The monoisotopic (exact) mass is 180 g/mol. The second kappa shape index (κ2) is 3.10. The summed E-state index contributed by atoms with van der Waals surface area (Å²) in [6, 6.07) is 0. The molecule has 0 spiro atoms. The van der Waals surface area contributed by atoms with Crippen LogP contribution in [0.1, 0.15) is 17.1 Å². The lowest BCUT2D eigenvalue weighted by molar-refractivity contribution is -0.136. The van der Waals surface area contributed by atoms with Crippen molar-refractivity contribution in [3.05, 3.63) is 23.3 Å². The highest BCUT2D eigenvalue weighted by Crippen LogP contribution is 2.15. The number of fused-ring (bicyclic) bond motifs is 1. The first-order valence-electron chi connectivity index (χ1n) is 3.89. The normalized spacial score (nSPS) is 14.2. The minimum atomic E-state index is -0.918. The summed E-state index contributed by atoms with van der Waals surface area (Å²) in [6.45, 7) is 0.993. The van der Waals surface area contributed by atoms with E-state index in [4.69, 9.17) is 9.84 Å². The fraction of sp³-hybridized carbons (Fsp3) is 0.375. The van der Waals surface area contributed by atoms with Gasteiger partial charge in [0.2, 0.25) is 0 Å². The zero-order chi connectivity index (χ0) is 9.26. The molecule has 1 N–H and O–H groups in total. The molecular weight excluding hydrogens is 172 g/mol. The first kappa shape index (κ1) is 8.12. The molecule has 1 aliphatic rings. The van der Waals surface area contributed by atoms with E-state index in [9.17, 15) is 4.79 Å². The van der Waals surface area contributed by atoms with Crippen LogP contribution in [0, 0.1) is 0 Å². The van der Waals surface area contributed by atoms with Crippen LogP contribution < -0.4 is 0 Å². The lowest BCUT2D eigenvalue weighted by Gasteiger charge is -1.98. The Morgan fingerprint density at radius 1 is 1.62 bits per heavy atom. The van der Waals surface area contributed by atoms with Gasteiger partial charge in [-0.1, -0.05) is 0 Å². The third-order valence-corrected chi connectivity index (χ3v) is 1.81. The third kappa shape index (κ3) is 1.65. The van der Waals surface area contributed by atoms with E-state index >= 15 is 0 Å². The topological polar surface area (TPSA) is 72.3 Å². The highest BCUT2D eigenvalue weighted by Gasteiger charge is 2.14. The van der Waals surface area contributed by atoms with Gasteiger partial charge in [0.05, 0.1) is 18.9 Å². The molecule has 0 amide bonds. The third-order valence-electron chi connectivity index (χ3n) is 1.81. The predicted molar refractivity (Wildman–Crippen MR) is 41.9 cm³/mol. The van der Waals surface area contributed by atoms with E-state index in [1.807, 2.05) is 0 Å². The number of carbonyl (C=O) groups is 1. The molecule has 2 rings (SSSR count). The first-order chi connectivity index (χ1) is 6.25. The van der Waals surface area contributed by atoms with Gasteiger partial charge in [-0.3, -0.25) is 4.79 Å². The zero-order valence-corrected chi connectivity index (χ0v) is 6.86. The summed E-state index contributed by atoms with van der Waals surface area (Å²) in [5.74, 6) is -0.574. The van der Waals surface area contributed by atoms with Gasteiger partial charge in [-0.05, 0) is 0 Å². The largest absolute Gasteiger partial charge is 0.481 e. The highest BCUT2D eigenvalue weighted by molar-refractivity contribution is 5.68. The van der Waals surface area contributed by atoms with E-state index in [-0.39, 0.29) is 6.42 Å². The van der Waals surface area contributed by atoms with Crippen molar-refractivity contribution in [1.29, 1.82) is 0 Å². The Morgan fingerprint density at radius 3 is 3.23 bits per heavy atom. The molecular formula is C8H8N2O3. The SMILES string of the molecule is O=C(O)Cc1ncc2c(n1)COC2. The molecule has 0 fully saturated rings. The average molecular weight is 180 g/mol. The van der Waals surface area contributed by atoms with Gasteiger partial charge < -0.3 is 9.84 Å². The quantitative estimate of drug-likeness (QED) is 0.700. The van der Waals surface area contributed by atoms with Crippen LogP contribution in [0.2, 0.25) is 0 Å². The minimum Gasteiger partial charge on any atom is -0.481 e. The van der Waals surface area contributed by atoms with E-state index in [2.05, 4.69) is 9.97 Å². The molecule has 68 valence electrons. The van der Waals surface area contributed by atoms with Gasteiger partial charge in [0.1, 0.15) is 12.2 Å². The molecule has 0 aliphatic carbocycles. The number of aliphatic carboxylic acids is 1. The van der Waals surface area contributed by atoms with Crippen LogP contribution >= 0.6 is 0 Å². The van der Waals surface area contributed by atoms with Crippen LogP contribution in [0.15, 0.2) is 6.20 Å². The van der Waals surface area contributed by atoms with Crippen molar-refractivity contribution in [2.45, 2.75) is 19.6 Å². The van der Waals surface area contributed by atoms with Crippen LogP contribution in [0.4, 0.5) is 0 Å². The molecule has 1 aliphatic heterocycles. The number of ether oxygens (including phenoxy) is 1. The van der Waals surface area contributed by atoms with Crippen LogP contribution in [-0.4, -0.2) is 21.0 Å². The Balaban J connectivity index is 2.25. The number of hydrogen-bond donors (Lipinski definition) is 1. The molecule has 0 atom stereocenters. The van der Waals surface area contributed by atoms with Gasteiger partial charge in [-0.2, -0.15) is 0 Å². The molecule has 5 nitrogen and oxygen atoms in total. The van der Waals surface area contributed by atoms with Crippen molar-refractivity contribution in [1.82, 2.24) is 9.97 Å². The van der Waals surface area contributed by atoms with Crippen LogP contribution in [0.5, 0.6) is 0 Å². The lowest BCUT2D eigenvalue weighted by Crippen LogP contribution is -2.06. The van der Waals surface area contributed by atoms with Crippen molar-refractivity contribution in [3.8, 4) is 0 Å².